The van der Waals surface area contributed by atoms with Crippen LogP contribution in [0.4, 0.5) is 11.5 Å². The molecule has 18 heavy (non-hydrogen) atoms. The summed E-state index contributed by atoms with van der Waals surface area (Å²) >= 11 is 0. The number of hydrogen-bond donors (Lipinski definition) is 2. The number of nitrogens with two attached hydrogens (primary N) is 1. The van der Waals surface area contributed by atoms with E-state index in [0.717, 1.165) is 30.3 Å². The van der Waals surface area contributed by atoms with Gasteiger partial charge in [0.05, 0.1) is 11.4 Å². The summed E-state index contributed by atoms with van der Waals surface area (Å²) in [6, 6.07) is 0. The van der Waals surface area contributed by atoms with Crippen molar-refractivity contribution in [1.29, 1.82) is 0 Å². The van der Waals surface area contributed by atoms with Gasteiger partial charge in [-0.25, -0.2) is 4.68 Å². The lowest BCUT2D eigenvalue weighted by atomic mass is 9.98. The first kappa shape index (κ1) is 13.2. The third-order valence-electron chi connectivity index (χ3n) is 3.75. The maximum atomic E-state index is 6.07. The minimum Gasteiger partial charge on any atom is -0.394 e. The molecule has 0 aliphatic carbocycles. The Hall–Kier alpha value is -1.23. The summed E-state index contributed by atoms with van der Waals surface area (Å²) in [5.41, 5.74) is 7.78. The number of anilines is 2. The zero-order valence-corrected chi connectivity index (χ0v) is 11.7. The van der Waals surface area contributed by atoms with Gasteiger partial charge < -0.3 is 16.0 Å². The number of nitrogens with zero attached hydrogens (tertiary/aromatic N) is 3. The van der Waals surface area contributed by atoms with Crippen molar-refractivity contribution in [3.8, 4) is 0 Å². The van der Waals surface area contributed by atoms with Crippen molar-refractivity contribution in [3.63, 3.8) is 0 Å². The van der Waals surface area contributed by atoms with Gasteiger partial charge in [0.25, 0.3) is 0 Å². The van der Waals surface area contributed by atoms with Crippen molar-refractivity contribution in [2.24, 2.45) is 5.92 Å². The highest BCUT2D eigenvalue weighted by atomic mass is 15.3. The van der Waals surface area contributed by atoms with Crippen LogP contribution in [-0.2, 0) is 6.54 Å². The first-order valence-corrected chi connectivity index (χ1v) is 6.87. The van der Waals surface area contributed by atoms with Crippen molar-refractivity contribution < 1.29 is 0 Å². The van der Waals surface area contributed by atoms with E-state index in [1.807, 2.05) is 11.6 Å². The van der Waals surface area contributed by atoms with E-state index in [0.29, 0.717) is 5.92 Å². The Bertz CT molecular complexity index is 398. The molecule has 0 bridgehead atoms. The van der Waals surface area contributed by atoms with Crippen LogP contribution in [0.2, 0.25) is 0 Å². The van der Waals surface area contributed by atoms with Crippen LogP contribution >= 0.6 is 0 Å². The summed E-state index contributed by atoms with van der Waals surface area (Å²) in [4.78, 5) is 2.40. The van der Waals surface area contributed by atoms with Gasteiger partial charge in [-0.1, -0.05) is 0 Å². The van der Waals surface area contributed by atoms with Crippen LogP contribution in [0.15, 0.2) is 0 Å². The summed E-state index contributed by atoms with van der Waals surface area (Å²) in [5, 5.41) is 7.92. The fourth-order valence-electron chi connectivity index (χ4n) is 2.69. The van der Waals surface area contributed by atoms with Crippen molar-refractivity contribution in [1.82, 2.24) is 14.7 Å². The molecular weight excluding hydrogens is 226 g/mol. The third kappa shape index (κ3) is 2.77. The smallest absolute Gasteiger partial charge is 0.148 e. The Morgan fingerprint density at radius 3 is 2.94 bits per heavy atom. The van der Waals surface area contributed by atoms with E-state index in [1.54, 1.807) is 0 Å². The monoisotopic (exact) mass is 251 g/mol. The van der Waals surface area contributed by atoms with Crippen LogP contribution in [0.25, 0.3) is 0 Å². The molecular formula is C13H25N5. The van der Waals surface area contributed by atoms with E-state index in [4.69, 9.17) is 5.73 Å². The molecule has 3 N–H and O–H groups in total. The van der Waals surface area contributed by atoms with Crippen molar-refractivity contribution in [2.75, 3.05) is 37.7 Å². The lowest BCUT2D eigenvalue weighted by Crippen LogP contribution is -2.35. The molecule has 1 aromatic heterocycles. The van der Waals surface area contributed by atoms with E-state index in [2.05, 4.69) is 29.3 Å². The number of nitrogen functional groups attached to an aromatic ring is 1. The van der Waals surface area contributed by atoms with Crippen LogP contribution in [0.3, 0.4) is 0 Å². The number of hydrogen-bond acceptors (Lipinski definition) is 4. The van der Waals surface area contributed by atoms with E-state index < -0.39 is 0 Å². The second kappa shape index (κ2) is 5.61. The molecule has 1 fully saturated rings. The van der Waals surface area contributed by atoms with Crippen molar-refractivity contribution >= 4 is 11.5 Å². The highest BCUT2D eigenvalue weighted by molar-refractivity contribution is 5.64. The molecule has 102 valence electrons. The normalized spacial score (nSPS) is 21.2. The van der Waals surface area contributed by atoms with Gasteiger partial charge in [0.1, 0.15) is 5.82 Å². The van der Waals surface area contributed by atoms with Crippen LogP contribution in [0.1, 0.15) is 25.5 Å². The predicted octanol–water partition coefficient (Wildman–Crippen LogP) is 1.55. The second-order valence-electron chi connectivity index (χ2n) is 5.31. The maximum Gasteiger partial charge on any atom is 0.148 e. The molecule has 1 aliphatic heterocycles. The molecule has 5 nitrogen and oxygen atoms in total. The quantitative estimate of drug-likeness (QED) is 0.852. The summed E-state index contributed by atoms with van der Waals surface area (Å²) in [6.45, 7) is 8.29. The Labute approximate surface area is 109 Å². The first-order chi connectivity index (χ1) is 8.61. The molecule has 2 heterocycles. The molecule has 1 aliphatic rings. The van der Waals surface area contributed by atoms with Crippen molar-refractivity contribution in [3.05, 3.63) is 5.69 Å². The molecule has 1 aromatic rings. The fourth-order valence-corrected chi connectivity index (χ4v) is 2.69. The Balaban J connectivity index is 1.97. The van der Waals surface area contributed by atoms with Crippen LogP contribution in [0, 0.1) is 12.8 Å². The number of piperidine rings is 1. The van der Waals surface area contributed by atoms with E-state index in [9.17, 15) is 0 Å². The Morgan fingerprint density at radius 1 is 1.50 bits per heavy atom. The van der Waals surface area contributed by atoms with Crippen LogP contribution < -0.4 is 11.1 Å². The Kier molecular flexibility index (Phi) is 4.11. The number of likely N-dealkylation sites (tertiary alicyclic amines) is 1. The van der Waals surface area contributed by atoms with Gasteiger partial charge in [-0.15, -0.1) is 0 Å². The molecule has 1 atom stereocenters. The number of nitrogens with one attached hydrogen (secondary N) is 1. The minimum atomic E-state index is 0.712. The Morgan fingerprint density at radius 2 is 2.28 bits per heavy atom. The highest BCUT2D eigenvalue weighted by Crippen LogP contribution is 2.23. The maximum absolute atomic E-state index is 6.07. The third-order valence-corrected chi connectivity index (χ3v) is 3.75. The molecule has 0 saturated carbocycles. The van der Waals surface area contributed by atoms with Gasteiger partial charge in [-0.3, -0.25) is 0 Å². The molecule has 5 heteroatoms. The zero-order valence-electron chi connectivity index (χ0n) is 11.7. The topological polar surface area (TPSA) is 59.1 Å². The first-order valence-electron chi connectivity index (χ1n) is 6.87. The molecule has 0 aromatic carbocycles. The van der Waals surface area contributed by atoms with Gasteiger partial charge in [0.15, 0.2) is 0 Å². The van der Waals surface area contributed by atoms with Gasteiger partial charge in [0.2, 0.25) is 0 Å². The molecule has 1 saturated heterocycles. The zero-order chi connectivity index (χ0) is 13.1. The molecule has 2 rings (SSSR count). The van der Waals surface area contributed by atoms with Gasteiger partial charge in [-0.2, -0.15) is 5.10 Å². The summed E-state index contributed by atoms with van der Waals surface area (Å²) in [7, 11) is 2.20. The van der Waals surface area contributed by atoms with Gasteiger partial charge in [0, 0.05) is 19.6 Å². The van der Waals surface area contributed by atoms with Crippen LogP contribution in [-0.4, -0.2) is 41.4 Å². The summed E-state index contributed by atoms with van der Waals surface area (Å²) in [6.07, 6.45) is 2.60. The number of aryl methyl sites for hydroxylation is 2. The molecule has 1 unspecified atom stereocenters. The van der Waals surface area contributed by atoms with E-state index in [-0.39, 0.29) is 0 Å². The lowest BCUT2D eigenvalue weighted by Gasteiger charge is -2.30. The van der Waals surface area contributed by atoms with Gasteiger partial charge >= 0.3 is 0 Å². The average Bonchev–Trinajstić information content (AvgIpc) is 2.63. The standard InChI is InChI=1S/C13H25N5/c1-4-18-13(12(14)10(2)16-18)15-8-11-6-5-7-17(3)9-11/h11,15H,4-9,14H2,1-3H3. The van der Waals surface area contributed by atoms with Gasteiger partial charge in [-0.05, 0) is 46.2 Å². The molecule has 0 radical (unpaired) electrons. The fraction of sp³-hybridized carbons (Fsp3) is 0.769. The predicted molar refractivity (Wildman–Crippen MR) is 75.8 cm³/mol. The number of rotatable bonds is 4. The summed E-state index contributed by atoms with van der Waals surface area (Å²) < 4.78 is 1.96. The van der Waals surface area contributed by atoms with Crippen LogP contribution in [0.5, 0.6) is 0 Å². The SMILES string of the molecule is CCn1nc(C)c(N)c1NCC1CCCN(C)C1. The summed E-state index contributed by atoms with van der Waals surface area (Å²) in [5.74, 6) is 1.70. The van der Waals surface area contributed by atoms with Crippen molar-refractivity contribution in [2.45, 2.75) is 33.2 Å². The minimum absolute atomic E-state index is 0.712. The molecule has 0 spiro atoms. The molecule has 0 amide bonds. The highest BCUT2D eigenvalue weighted by Gasteiger charge is 2.18. The average molecular weight is 251 g/mol. The largest absolute Gasteiger partial charge is 0.394 e. The number of aromatic nitrogens is 2. The second-order valence-corrected chi connectivity index (χ2v) is 5.31. The van der Waals surface area contributed by atoms with E-state index >= 15 is 0 Å². The lowest BCUT2D eigenvalue weighted by molar-refractivity contribution is 0.217. The van der Waals surface area contributed by atoms with E-state index in [1.165, 1.54) is 25.9 Å².